The molecular formula is C24H31FN6OS2. The highest BCUT2D eigenvalue weighted by Crippen LogP contribution is 2.35. The Morgan fingerprint density at radius 3 is 2.65 bits per heavy atom. The van der Waals surface area contributed by atoms with Gasteiger partial charge in [-0.3, -0.25) is 9.69 Å². The molecule has 0 spiro atoms. The molecule has 7 nitrogen and oxygen atoms in total. The van der Waals surface area contributed by atoms with E-state index in [-0.39, 0.29) is 23.5 Å². The maximum absolute atomic E-state index is 13.2. The van der Waals surface area contributed by atoms with Crippen LogP contribution in [0.5, 0.6) is 0 Å². The quantitative estimate of drug-likeness (QED) is 0.373. The Labute approximate surface area is 208 Å². The van der Waals surface area contributed by atoms with Crippen LogP contribution in [-0.4, -0.2) is 50.4 Å². The van der Waals surface area contributed by atoms with Crippen LogP contribution in [0.15, 0.2) is 34.8 Å². The molecule has 0 bridgehead atoms. The number of anilines is 1. The van der Waals surface area contributed by atoms with Gasteiger partial charge in [-0.05, 0) is 57.6 Å². The van der Waals surface area contributed by atoms with Crippen LogP contribution >= 0.6 is 23.1 Å². The van der Waals surface area contributed by atoms with E-state index in [2.05, 4.69) is 51.0 Å². The summed E-state index contributed by atoms with van der Waals surface area (Å²) < 4.78 is 15.5. The van der Waals surface area contributed by atoms with E-state index in [1.54, 1.807) is 12.1 Å². The Morgan fingerprint density at radius 2 is 1.97 bits per heavy atom. The Balaban J connectivity index is 1.44. The van der Waals surface area contributed by atoms with E-state index in [4.69, 9.17) is 0 Å². The predicted molar refractivity (Wildman–Crippen MR) is 136 cm³/mol. The minimum Gasteiger partial charge on any atom is -0.302 e. The number of rotatable bonds is 9. The summed E-state index contributed by atoms with van der Waals surface area (Å²) in [6.45, 7) is 2.17. The highest BCUT2D eigenvalue weighted by atomic mass is 32.2. The van der Waals surface area contributed by atoms with Crippen molar-refractivity contribution in [3.8, 4) is 11.3 Å². The first-order chi connectivity index (χ1) is 16.5. The van der Waals surface area contributed by atoms with Crippen LogP contribution in [0.4, 0.5) is 9.52 Å². The largest absolute Gasteiger partial charge is 0.302 e. The highest BCUT2D eigenvalue weighted by molar-refractivity contribution is 7.99. The van der Waals surface area contributed by atoms with Crippen molar-refractivity contribution in [2.24, 2.45) is 0 Å². The molecule has 1 N–H and O–H groups in total. The second kappa shape index (κ2) is 11.4. The number of hydrogen-bond acceptors (Lipinski definition) is 7. The summed E-state index contributed by atoms with van der Waals surface area (Å²) in [6, 6.07) is 6.74. The van der Waals surface area contributed by atoms with Crippen molar-refractivity contribution in [3.63, 3.8) is 0 Å². The summed E-state index contributed by atoms with van der Waals surface area (Å²) in [5.74, 6) is 0.801. The second-order valence-electron chi connectivity index (χ2n) is 8.77. The van der Waals surface area contributed by atoms with Gasteiger partial charge in [0, 0.05) is 17.0 Å². The van der Waals surface area contributed by atoms with Crippen molar-refractivity contribution in [2.45, 2.75) is 62.7 Å². The summed E-state index contributed by atoms with van der Waals surface area (Å²) in [7, 11) is 4.14. The zero-order valence-electron chi connectivity index (χ0n) is 19.8. The Hall–Kier alpha value is -2.30. The number of carbonyl (C=O) groups is 1. The molecule has 1 aliphatic rings. The molecule has 1 saturated carbocycles. The first kappa shape index (κ1) is 24.8. The van der Waals surface area contributed by atoms with Gasteiger partial charge in [-0.25, -0.2) is 9.37 Å². The van der Waals surface area contributed by atoms with Gasteiger partial charge < -0.3 is 9.88 Å². The van der Waals surface area contributed by atoms with Crippen LogP contribution in [0, 0.1) is 5.82 Å². The number of benzene rings is 1. The average molecular weight is 503 g/mol. The number of thioether (sulfide) groups is 1. The zero-order chi connectivity index (χ0) is 24.1. The standard InChI is InChI=1S/C24H31FN6OS2/c1-4-20(30(2)3)22-28-29-24(31(22)18-8-6-5-7-9-18)34-15-21(32)27-23-26-19(14-33-23)16-10-12-17(25)13-11-16/h10-14,18,20H,4-9,15H2,1-3H3,(H,26,27,32). The number of amides is 1. The Morgan fingerprint density at radius 1 is 1.24 bits per heavy atom. The zero-order valence-corrected chi connectivity index (χ0v) is 21.5. The van der Waals surface area contributed by atoms with Crippen LogP contribution in [0.25, 0.3) is 11.3 Å². The molecule has 10 heteroatoms. The molecule has 1 aromatic carbocycles. The lowest BCUT2D eigenvalue weighted by Gasteiger charge is -2.29. The fraction of sp³-hybridized carbons (Fsp3) is 0.500. The van der Waals surface area contributed by atoms with Crippen molar-refractivity contribution in [3.05, 3.63) is 41.3 Å². The fourth-order valence-corrected chi connectivity index (χ4v) is 5.99. The molecular weight excluding hydrogens is 471 g/mol. The van der Waals surface area contributed by atoms with Crippen molar-refractivity contribution in [1.29, 1.82) is 0 Å². The molecule has 0 radical (unpaired) electrons. The number of aromatic nitrogens is 4. The number of carbonyl (C=O) groups excluding carboxylic acids is 1. The molecule has 1 amide bonds. The maximum atomic E-state index is 13.2. The molecule has 4 rings (SSSR count). The van der Waals surface area contributed by atoms with Gasteiger partial charge in [0.1, 0.15) is 5.82 Å². The highest BCUT2D eigenvalue weighted by Gasteiger charge is 2.28. The Bertz CT molecular complexity index is 1090. The lowest BCUT2D eigenvalue weighted by Crippen LogP contribution is -2.26. The molecule has 0 saturated heterocycles. The topological polar surface area (TPSA) is 75.9 Å². The van der Waals surface area contributed by atoms with Gasteiger partial charge in [-0.2, -0.15) is 0 Å². The molecule has 2 heterocycles. The first-order valence-electron chi connectivity index (χ1n) is 11.7. The van der Waals surface area contributed by atoms with Crippen LogP contribution in [-0.2, 0) is 4.79 Å². The van der Waals surface area contributed by atoms with Crippen LogP contribution in [0.2, 0.25) is 0 Å². The molecule has 3 aromatic rings. The average Bonchev–Trinajstić information content (AvgIpc) is 3.46. The van der Waals surface area contributed by atoms with E-state index in [0.717, 1.165) is 35.8 Å². The van der Waals surface area contributed by atoms with Crippen molar-refractivity contribution in [2.75, 3.05) is 25.2 Å². The summed E-state index contributed by atoms with van der Waals surface area (Å²) in [5.41, 5.74) is 1.52. The number of hydrogen-bond donors (Lipinski definition) is 1. The van der Waals surface area contributed by atoms with Crippen molar-refractivity contribution < 1.29 is 9.18 Å². The van der Waals surface area contributed by atoms with Gasteiger partial charge in [-0.1, -0.05) is 37.9 Å². The SMILES string of the molecule is CCC(c1nnc(SCC(=O)Nc2nc(-c3ccc(F)cc3)cs2)n1C1CCCCC1)N(C)C. The smallest absolute Gasteiger partial charge is 0.236 e. The number of nitrogens with one attached hydrogen (secondary N) is 1. The van der Waals surface area contributed by atoms with E-state index < -0.39 is 0 Å². The third-order valence-corrected chi connectivity index (χ3v) is 7.86. The number of thiazole rings is 1. The molecule has 1 atom stereocenters. The molecule has 182 valence electrons. The van der Waals surface area contributed by atoms with Gasteiger partial charge in [0.05, 0.1) is 17.5 Å². The third kappa shape index (κ3) is 5.84. The fourth-order valence-electron chi connectivity index (χ4n) is 4.44. The first-order valence-corrected chi connectivity index (χ1v) is 13.6. The lowest BCUT2D eigenvalue weighted by molar-refractivity contribution is -0.113. The van der Waals surface area contributed by atoms with E-state index >= 15 is 0 Å². The molecule has 1 unspecified atom stereocenters. The van der Waals surface area contributed by atoms with Crippen LogP contribution in [0.3, 0.4) is 0 Å². The Kier molecular flexibility index (Phi) is 8.33. The minimum absolute atomic E-state index is 0.135. The van der Waals surface area contributed by atoms with E-state index in [0.29, 0.717) is 16.9 Å². The molecule has 1 fully saturated rings. The minimum atomic E-state index is -0.287. The number of nitrogens with zero attached hydrogens (tertiary/aromatic N) is 5. The predicted octanol–water partition coefficient (Wildman–Crippen LogP) is 5.79. The monoisotopic (exact) mass is 502 g/mol. The molecule has 0 aliphatic heterocycles. The second-order valence-corrected chi connectivity index (χ2v) is 10.6. The van der Waals surface area contributed by atoms with Crippen LogP contribution in [0.1, 0.15) is 63.4 Å². The van der Waals surface area contributed by atoms with Crippen molar-refractivity contribution in [1.82, 2.24) is 24.6 Å². The van der Waals surface area contributed by atoms with Gasteiger partial charge in [-0.15, -0.1) is 21.5 Å². The lowest BCUT2D eigenvalue weighted by atomic mass is 9.95. The van der Waals surface area contributed by atoms with Gasteiger partial charge in [0.2, 0.25) is 5.91 Å². The summed E-state index contributed by atoms with van der Waals surface area (Å²) in [4.78, 5) is 19.3. The van der Waals surface area contributed by atoms with Gasteiger partial charge in [0.15, 0.2) is 16.1 Å². The van der Waals surface area contributed by atoms with E-state index in [9.17, 15) is 9.18 Å². The van der Waals surface area contributed by atoms with Gasteiger partial charge in [0.25, 0.3) is 0 Å². The van der Waals surface area contributed by atoms with Crippen LogP contribution < -0.4 is 5.32 Å². The summed E-state index contributed by atoms with van der Waals surface area (Å²) >= 11 is 2.78. The summed E-state index contributed by atoms with van der Waals surface area (Å²) in [6.07, 6.45) is 6.90. The van der Waals surface area contributed by atoms with Gasteiger partial charge >= 0.3 is 0 Å². The molecule has 34 heavy (non-hydrogen) atoms. The maximum Gasteiger partial charge on any atom is 0.236 e. The normalized spacial score (nSPS) is 15.6. The van der Waals surface area contributed by atoms with E-state index in [1.807, 2.05) is 5.38 Å². The third-order valence-electron chi connectivity index (χ3n) is 6.16. The summed E-state index contributed by atoms with van der Waals surface area (Å²) in [5, 5.41) is 15.1. The number of halogens is 1. The molecule has 2 aromatic heterocycles. The van der Waals surface area contributed by atoms with Crippen molar-refractivity contribution >= 4 is 34.1 Å². The van der Waals surface area contributed by atoms with E-state index in [1.165, 1.54) is 54.5 Å². The molecule has 1 aliphatic carbocycles.